The maximum atomic E-state index is 13.8. The van der Waals surface area contributed by atoms with Crippen molar-refractivity contribution >= 4 is 5.91 Å². The molecule has 5 fully saturated rings. The van der Waals surface area contributed by atoms with Crippen molar-refractivity contribution in [3.63, 3.8) is 0 Å². The molecule has 0 aliphatic heterocycles. The van der Waals surface area contributed by atoms with Crippen LogP contribution in [0.4, 0.5) is 0 Å². The number of carbonyl (C=O) groups excluding carboxylic acids is 1. The molecule has 0 aromatic heterocycles. The van der Waals surface area contributed by atoms with Crippen LogP contribution in [0.2, 0.25) is 0 Å². The minimum Gasteiger partial charge on any atom is -0.353 e. The van der Waals surface area contributed by atoms with Gasteiger partial charge in [0, 0.05) is 6.04 Å². The predicted octanol–water partition coefficient (Wildman–Crippen LogP) is 4.55. The molecule has 1 amide bonds. The molecule has 5 saturated carbocycles. The summed E-state index contributed by atoms with van der Waals surface area (Å²) in [4.78, 5) is 13.8. The molecule has 5 aliphatic rings. The van der Waals surface area contributed by atoms with Crippen LogP contribution in [0.5, 0.6) is 0 Å². The Bertz CT molecular complexity index is 740. The summed E-state index contributed by atoms with van der Waals surface area (Å²) in [6, 6.07) is 11.5. The Kier molecular flexibility index (Phi) is 4.39. The average molecular weight is 381 g/mol. The molecule has 3 N–H and O–H groups in total. The second kappa shape index (κ2) is 6.58. The summed E-state index contributed by atoms with van der Waals surface area (Å²) in [6.07, 6.45) is 11.7. The minimum absolute atomic E-state index is 0.134. The maximum absolute atomic E-state index is 13.8. The zero-order valence-corrected chi connectivity index (χ0v) is 17.4. The van der Waals surface area contributed by atoms with Crippen LogP contribution in [0.25, 0.3) is 0 Å². The van der Waals surface area contributed by atoms with Crippen LogP contribution in [0, 0.1) is 22.7 Å². The van der Waals surface area contributed by atoms with Gasteiger partial charge in [0.05, 0.1) is 5.41 Å². The Morgan fingerprint density at radius 1 is 1.07 bits per heavy atom. The van der Waals surface area contributed by atoms with E-state index in [1.165, 1.54) is 37.7 Å². The third-order valence-electron chi connectivity index (χ3n) is 9.34. The molecule has 1 aromatic carbocycles. The molecule has 0 heterocycles. The lowest BCUT2D eigenvalue weighted by molar-refractivity contribution is -0.137. The van der Waals surface area contributed by atoms with Gasteiger partial charge < -0.3 is 11.1 Å². The number of carbonyl (C=O) groups is 1. The first kappa shape index (κ1) is 18.7. The second-order valence-electron chi connectivity index (χ2n) is 10.6. The Balaban J connectivity index is 1.41. The molecule has 1 aromatic rings. The smallest absolute Gasteiger partial charge is 0.227 e. The summed E-state index contributed by atoms with van der Waals surface area (Å²) in [7, 11) is 0. The molecule has 4 unspecified atom stereocenters. The Morgan fingerprint density at radius 2 is 1.82 bits per heavy atom. The number of nitrogens with one attached hydrogen (secondary N) is 1. The fraction of sp³-hybridized carbons (Fsp3) is 0.720. The topological polar surface area (TPSA) is 55.1 Å². The molecule has 28 heavy (non-hydrogen) atoms. The van der Waals surface area contributed by atoms with Gasteiger partial charge in [-0.2, -0.15) is 0 Å². The molecule has 0 radical (unpaired) electrons. The van der Waals surface area contributed by atoms with Crippen LogP contribution < -0.4 is 11.1 Å². The summed E-state index contributed by atoms with van der Waals surface area (Å²) in [5, 5.41) is 3.56. The third-order valence-corrected chi connectivity index (χ3v) is 9.34. The van der Waals surface area contributed by atoms with Crippen molar-refractivity contribution in [1.82, 2.24) is 5.32 Å². The monoisotopic (exact) mass is 380 g/mol. The number of nitrogens with two attached hydrogens (primary N) is 1. The molecule has 6 rings (SSSR count). The van der Waals surface area contributed by atoms with E-state index in [2.05, 4.69) is 42.6 Å². The fourth-order valence-corrected chi connectivity index (χ4v) is 8.16. The average Bonchev–Trinajstić information content (AvgIpc) is 3.09. The standard InChI is InChI=1S/C25H36N2O/c1-2-24-13-19-12-23(16-24,20-6-4-3-5-7-20)17-25(24,14-19)22(28)27-21-10-8-18(15-26)9-11-21/h3-7,18-19,21H,2,8-17,26H2,1H3,(H,27,28). The van der Waals surface area contributed by atoms with Crippen molar-refractivity contribution in [3.05, 3.63) is 35.9 Å². The summed E-state index contributed by atoms with van der Waals surface area (Å²) in [6.45, 7) is 3.13. The van der Waals surface area contributed by atoms with Gasteiger partial charge >= 0.3 is 0 Å². The lowest BCUT2D eigenvalue weighted by atomic mass is 9.63. The van der Waals surface area contributed by atoms with Gasteiger partial charge in [-0.1, -0.05) is 37.3 Å². The van der Waals surface area contributed by atoms with Gasteiger partial charge in [-0.05, 0) is 99.0 Å². The predicted molar refractivity (Wildman–Crippen MR) is 113 cm³/mol. The van der Waals surface area contributed by atoms with Crippen LogP contribution in [0.15, 0.2) is 30.3 Å². The SMILES string of the molecule is CCC12CC3CC(c4ccccc4)(C1)CC2(C(=O)NC1CCC(CN)CC1)C3. The fourth-order valence-electron chi connectivity index (χ4n) is 8.16. The van der Waals surface area contributed by atoms with Gasteiger partial charge in [0.25, 0.3) is 0 Å². The molecule has 4 atom stereocenters. The highest BCUT2D eigenvalue weighted by atomic mass is 16.2. The van der Waals surface area contributed by atoms with Crippen LogP contribution in [0.3, 0.4) is 0 Å². The zero-order chi connectivity index (χ0) is 19.4. The number of benzene rings is 1. The first-order valence-electron chi connectivity index (χ1n) is 11.6. The zero-order valence-electron chi connectivity index (χ0n) is 17.4. The lowest BCUT2D eigenvalue weighted by Gasteiger charge is -2.41. The summed E-state index contributed by atoms with van der Waals surface area (Å²) in [5.74, 6) is 1.78. The van der Waals surface area contributed by atoms with Crippen LogP contribution in [-0.4, -0.2) is 18.5 Å². The Hall–Kier alpha value is -1.35. The summed E-state index contributed by atoms with van der Waals surface area (Å²) < 4.78 is 0. The van der Waals surface area contributed by atoms with Crippen LogP contribution in [0.1, 0.15) is 76.7 Å². The van der Waals surface area contributed by atoms with E-state index in [0.717, 1.165) is 44.6 Å². The van der Waals surface area contributed by atoms with Gasteiger partial charge in [-0.25, -0.2) is 0 Å². The third kappa shape index (κ3) is 2.54. The highest BCUT2D eigenvalue weighted by molar-refractivity contribution is 5.85. The van der Waals surface area contributed by atoms with Crippen molar-refractivity contribution in [2.75, 3.05) is 6.54 Å². The molecule has 5 aliphatic carbocycles. The van der Waals surface area contributed by atoms with E-state index in [0.29, 0.717) is 17.9 Å². The summed E-state index contributed by atoms with van der Waals surface area (Å²) >= 11 is 0. The quantitative estimate of drug-likeness (QED) is 0.787. The number of hydrogen-bond donors (Lipinski definition) is 2. The lowest BCUT2D eigenvalue weighted by Crippen LogP contribution is -2.51. The first-order valence-corrected chi connectivity index (χ1v) is 11.6. The normalized spacial score (nSPS) is 44.0. The maximum Gasteiger partial charge on any atom is 0.227 e. The van der Waals surface area contributed by atoms with Crippen molar-refractivity contribution in [2.24, 2.45) is 28.4 Å². The number of hydrogen-bond acceptors (Lipinski definition) is 2. The highest BCUT2D eigenvalue weighted by Crippen LogP contribution is 2.77. The molecular weight excluding hydrogens is 344 g/mol. The van der Waals surface area contributed by atoms with E-state index in [9.17, 15) is 4.79 Å². The van der Waals surface area contributed by atoms with Gasteiger partial charge in [0.2, 0.25) is 5.91 Å². The van der Waals surface area contributed by atoms with E-state index in [-0.39, 0.29) is 16.2 Å². The van der Waals surface area contributed by atoms with Crippen molar-refractivity contribution in [1.29, 1.82) is 0 Å². The number of rotatable bonds is 5. The van der Waals surface area contributed by atoms with E-state index >= 15 is 0 Å². The number of amides is 1. The van der Waals surface area contributed by atoms with E-state index in [4.69, 9.17) is 5.73 Å². The molecule has 152 valence electrons. The van der Waals surface area contributed by atoms with Crippen molar-refractivity contribution < 1.29 is 4.79 Å². The largest absolute Gasteiger partial charge is 0.353 e. The van der Waals surface area contributed by atoms with Crippen molar-refractivity contribution in [3.8, 4) is 0 Å². The van der Waals surface area contributed by atoms with E-state index < -0.39 is 0 Å². The molecule has 4 bridgehead atoms. The molecule has 3 nitrogen and oxygen atoms in total. The molecular formula is C25H36N2O. The second-order valence-corrected chi connectivity index (χ2v) is 10.6. The van der Waals surface area contributed by atoms with Crippen LogP contribution >= 0.6 is 0 Å². The molecule has 0 saturated heterocycles. The van der Waals surface area contributed by atoms with Gasteiger partial charge in [0.1, 0.15) is 0 Å². The van der Waals surface area contributed by atoms with Crippen LogP contribution in [-0.2, 0) is 10.2 Å². The summed E-state index contributed by atoms with van der Waals surface area (Å²) in [5.41, 5.74) is 7.65. The highest BCUT2D eigenvalue weighted by Gasteiger charge is 2.73. The first-order chi connectivity index (χ1) is 13.5. The van der Waals surface area contributed by atoms with E-state index in [1.807, 2.05) is 0 Å². The Labute approximate surface area is 169 Å². The van der Waals surface area contributed by atoms with Gasteiger partial charge in [-0.15, -0.1) is 0 Å². The van der Waals surface area contributed by atoms with Gasteiger partial charge in [0.15, 0.2) is 0 Å². The van der Waals surface area contributed by atoms with E-state index in [1.54, 1.807) is 0 Å². The molecule has 0 spiro atoms. The minimum atomic E-state index is -0.134. The molecule has 3 heteroatoms. The van der Waals surface area contributed by atoms with Crippen molar-refractivity contribution in [2.45, 2.75) is 82.6 Å². The van der Waals surface area contributed by atoms with Gasteiger partial charge in [-0.3, -0.25) is 4.79 Å². The Morgan fingerprint density at radius 3 is 2.50 bits per heavy atom.